The molecule has 0 aliphatic rings. The van der Waals surface area contributed by atoms with Crippen molar-refractivity contribution >= 4 is 43.5 Å². The van der Waals surface area contributed by atoms with Crippen LogP contribution < -0.4 is 5.32 Å². The van der Waals surface area contributed by atoms with Gasteiger partial charge in [-0.25, -0.2) is 0 Å². The number of carbonyl (C=O) groups excluding carboxylic acids is 1. The van der Waals surface area contributed by atoms with Crippen LogP contribution in [0.15, 0.2) is 39.4 Å². The Morgan fingerprint density at radius 2 is 2.08 bits per heavy atom. The van der Waals surface area contributed by atoms with E-state index in [1.54, 1.807) is 0 Å². The number of carbonyl (C=O) groups is 1. The van der Waals surface area contributed by atoms with E-state index in [-0.39, 0.29) is 5.91 Å². The van der Waals surface area contributed by atoms with Gasteiger partial charge in [0, 0.05) is 11.4 Å². The standard InChI is InChI=1S/C16H15Br2N5O/c1-9-6-10(2)23(22-9)8-11-4-3-5-12(7-11)19-16(24)14-13(17)15(18)21-20-14/h3-7H,8H2,1-2H3,(H,19,24)(H,20,21). The van der Waals surface area contributed by atoms with E-state index in [0.717, 1.165) is 17.0 Å². The first-order valence-corrected chi connectivity index (χ1v) is 8.83. The fourth-order valence-corrected chi connectivity index (χ4v) is 3.04. The number of hydrogen-bond donors (Lipinski definition) is 2. The molecule has 0 aliphatic heterocycles. The van der Waals surface area contributed by atoms with E-state index in [2.05, 4.69) is 52.5 Å². The number of nitrogens with zero attached hydrogens (tertiary/aromatic N) is 3. The highest BCUT2D eigenvalue weighted by atomic mass is 79.9. The molecule has 0 radical (unpaired) electrons. The minimum Gasteiger partial charge on any atom is -0.321 e. The fourth-order valence-electron chi connectivity index (χ4n) is 2.40. The first-order valence-electron chi connectivity index (χ1n) is 7.25. The first kappa shape index (κ1) is 16.9. The number of aromatic nitrogens is 4. The van der Waals surface area contributed by atoms with Gasteiger partial charge < -0.3 is 5.32 Å². The summed E-state index contributed by atoms with van der Waals surface area (Å²) in [6, 6.07) is 9.74. The Morgan fingerprint density at radius 1 is 1.29 bits per heavy atom. The Hall–Kier alpha value is -1.93. The van der Waals surface area contributed by atoms with Crippen LogP contribution in [0.25, 0.3) is 0 Å². The lowest BCUT2D eigenvalue weighted by atomic mass is 10.2. The summed E-state index contributed by atoms with van der Waals surface area (Å²) in [7, 11) is 0. The van der Waals surface area contributed by atoms with E-state index >= 15 is 0 Å². The minimum absolute atomic E-state index is 0.285. The number of halogens is 2. The van der Waals surface area contributed by atoms with Crippen LogP contribution in [-0.4, -0.2) is 25.9 Å². The third-order valence-corrected chi connectivity index (χ3v) is 5.38. The normalized spacial score (nSPS) is 10.8. The molecular formula is C16H15Br2N5O. The second-order valence-electron chi connectivity index (χ2n) is 5.44. The largest absolute Gasteiger partial charge is 0.321 e. The highest BCUT2D eigenvalue weighted by Gasteiger charge is 2.16. The van der Waals surface area contributed by atoms with Crippen molar-refractivity contribution in [3.63, 3.8) is 0 Å². The molecule has 6 nitrogen and oxygen atoms in total. The Bertz CT molecular complexity index is 900. The zero-order valence-electron chi connectivity index (χ0n) is 13.1. The van der Waals surface area contributed by atoms with Crippen LogP contribution in [0.1, 0.15) is 27.4 Å². The average Bonchev–Trinajstić information content (AvgIpc) is 3.02. The summed E-state index contributed by atoms with van der Waals surface area (Å²) in [5, 5.41) is 14.0. The van der Waals surface area contributed by atoms with Crippen LogP contribution in [0.3, 0.4) is 0 Å². The molecule has 3 aromatic rings. The van der Waals surface area contributed by atoms with Crippen LogP contribution in [0.5, 0.6) is 0 Å². The summed E-state index contributed by atoms with van der Waals surface area (Å²) in [5.74, 6) is -0.285. The Balaban J connectivity index is 1.77. The van der Waals surface area contributed by atoms with E-state index in [0.29, 0.717) is 27.0 Å². The Morgan fingerprint density at radius 3 is 2.71 bits per heavy atom. The molecule has 0 unspecified atom stereocenters. The number of rotatable bonds is 4. The number of anilines is 1. The van der Waals surface area contributed by atoms with Gasteiger partial charge in [0.15, 0.2) is 5.69 Å². The van der Waals surface area contributed by atoms with Gasteiger partial charge in [-0.2, -0.15) is 10.2 Å². The van der Waals surface area contributed by atoms with E-state index in [1.165, 1.54) is 0 Å². The zero-order valence-corrected chi connectivity index (χ0v) is 16.3. The Kier molecular flexibility index (Phi) is 4.86. The molecule has 0 bridgehead atoms. The molecule has 0 saturated carbocycles. The predicted octanol–water partition coefficient (Wildman–Crippen LogP) is 4.05. The summed E-state index contributed by atoms with van der Waals surface area (Å²) >= 11 is 6.59. The molecule has 124 valence electrons. The van der Waals surface area contributed by atoms with Crippen molar-refractivity contribution in [2.45, 2.75) is 20.4 Å². The third kappa shape index (κ3) is 3.59. The maximum absolute atomic E-state index is 12.3. The SMILES string of the molecule is Cc1cc(C)n(Cc2cccc(NC(=O)c3n[nH]c(Br)c3Br)c2)n1. The van der Waals surface area contributed by atoms with Crippen molar-refractivity contribution in [3.8, 4) is 0 Å². The molecule has 0 aliphatic carbocycles. The summed E-state index contributed by atoms with van der Waals surface area (Å²) in [6.07, 6.45) is 0. The molecule has 8 heteroatoms. The molecule has 3 rings (SSSR count). The van der Waals surface area contributed by atoms with Gasteiger partial charge in [-0.05, 0) is 69.5 Å². The number of aromatic amines is 1. The van der Waals surface area contributed by atoms with Gasteiger partial charge >= 0.3 is 0 Å². The summed E-state index contributed by atoms with van der Waals surface area (Å²) in [6.45, 7) is 4.65. The summed E-state index contributed by atoms with van der Waals surface area (Å²) < 4.78 is 3.17. The van der Waals surface area contributed by atoms with E-state index in [9.17, 15) is 4.79 Å². The zero-order chi connectivity index (χ0) is 17.3. The monoisotopic (exact) mass is 451 g/mol. The minimum atomic E-state index is -0.285. The van der Waals surface area contributed by atoms with Crippen LogP contribution in [-0.2, 0) is 6.54 Å². The lowest BCUT2D eigenvalue weighted by molar-refractivity contribution is 0.102. The lowest BCUT2D eigenvalue weighted by Gasteiger charge is -2.08. The second kappa shape index (κ2) is 6.90. The summed E-state index contributed by atoms with van der Waals surface area (Å²) in [4.78, 5) is 12.3. The average molecular weight is 453 g/mol. The maximum atomic E-state index is 12.3. The summed E-state index contributed by atoms with van der Waals surface area (Å²) in [5.41, 5.74) is 4.16. The van der Waals surface area contributed by atoms with Gasteiger partial charge in [0.25, 0.3) is 5.91 Å². The highest BCUT2D eigenvalue weighted by molar-refractivity contribution is 9.13. The molecule has 1 amide bonds. The topological polar surface area (TPSA) is 75.6 Å². The van der Waals surface area contributed by atoms with Crippen LogP contribution in [0.2, 0.25) is 0 Å². The molecule has 1 aromatic carbocycles. The van der Waals surface area contributed by atoms with E-state index < -0.39 is 0 Å². The van der Waals surface area contributed by atoms with Crippen LogP contribution in [0, 0.1) is 13.8 Å². The predicted molar refractivity (Wildman–Crippen MR) is 99.2 cm³/mol. The van der Waals surface area contributed by atoms with Crippen LogP contribution >= 0.6 is 31.9 Å². The molecule has 0 atom stereocenters. The molecule has 24 heavy (non-hydrogen) atoms. The van der Waals surface area contributed by atoms with E-state index in [4.69, 9.17) is 0 Å². The maximum Gasteiger partial charge on any atom is 0.277 e. The molecule has 2 aromatic heterocycles. The molecule has 2 heterocycles. The van der Waals surface area contributed by atoms with Gasteiger partial charge in [0.1, 0.15) is 4.60 Å². The van der Waals surface area contributed by atoms with Crippen molar-refractivity contribution in [2.75, 3.05) is 5.32 Å². The third-order valence-electron chi connectivity index (χ3n) is 3.50. The fraction of sp³-hybridized carbons (Fsp3) is 0.188. The molecule has 0 spiro atoms. The van der Waals surface area contributed by atoms with Crippen molar-refractivity contribution in [3.05, 3.63) is 62.1 Å². The molecule has 2 N–H and O–H groups in total. The number of benzene rings is 1. The van der Waals surface area contributed by atoms with Crippen molar-refractivity contribution in [1.82, 2.24) is 20.0 Å². The number of H-pyrrole nitrogens is 1. The van der Waals surface area contributed by atoms with Gasteiger partial charge in [0.2, 0.25) is 0 Å². The van der Waals surface area contributed by atoms with Crippen molar-refractivity contribution in [2.24, 2.45) is 0 Å². The van der Waals surface area contributed by atoms with Crippen molar-refractivity contribution < 1.29 is 4.79 Å². The van der Waals surface area contributed by atoms with E-state index in [1.807, 2.05) is 48.9 Å². The highest BCUT2D eigenvalue weighted by Crippen LogP contribution is 2.24. The smallest absolute Gasteiger partial charge is 0.277 e. The lowest BCUT2D eigenvalue weighted by Crippen LogP contribution is -2.13. The van der Waals surface area contributed by atoms with Crippen molar-refractivity contribution in [1.29, 1.82) is 0 Å². The van der Waals surface area contributed by atoms with Gasteiger partial charge in [-0.15, -0.1) is 0 Å². The number of hydrogen-bond acceptors (Lipinski definition) is 3. The van der Waals surface area contributed by atoms with Gasteiger partial charge in [-0.1, -0.05) is 12.1 Å². The number of amides is 1. The number of aryl methyl sites for hydroxylation is 2. The van der Waals surface area contributed by atoms with Crippen LogP contribution in [0.4, 0.5) is 5.69 Å². The molecular weight excluding hydrogens is 438 g/mol. The quantitative estimate of drug-likeness (QED) is 0.626. The number of nitrogens with one attached hydrogen (secondary N) is 2. The van der Waals surface area contributed by atoms with Gasteiger partial charge in [0.05, 0.1) is 16.7 Å². The first-order chi connectivity index (χ1) is 11.4. The van der Waals surface area contributed by atoms with Gasteiger partial charge in [-0.3, -0.25) is 14.6 Å². The molecule has 0 saturated heterocycles. The Labute approximate surface area is 155 Å². The molecule has 0 fully saturated rings. The second-order valence-corrected chi connectivity index (χ2v) is 7.03.